The van der Waals surface area contributed by atoms with E-state index in [9.17, 15) is 4.79 Å². The lowest BCUT2D eigenvalue weighted by Gasteiger charge is -2.26. The molecule has 0 saturated heterocycles. The van der Waals surface area contributed by atoms with Gasteiger partial charge in [-0.15, -0.1) is 5.10 Å². The Morgan fingerprint density at radius 2 is 2.29 bits per heavy atom. The Morgan fingerprint density at radius 1 is 1.53 bits per heavy atom. The quantitative estimate of drug-likeness (QED) is 0.816. The summed E-state index contributed by atoms with van der Waals surface area (Å²) in [7, 11) is 1.81. The summed E-state index contributed by atoms with van der Waals surface area (Å²) < 4.78 is 1.63. The number of hydrogen-bond donors (Lipinski definition) is 1. The summed E-state index contributed by atoms with van der Waals surface area (Å²) in [6.45, 7) is 0. The minimum absolute atomic E-state index is 0.0655. The van der Waals surface area contributed by atoms with Crippen molar-refractivity contribution in [3.63, 3.8) is 0 Å². The largest absolute Gasteiger partial charge is 0.327 e. The monoisotopic (exact) mass is 234 g/mol. The summed E-state index contributed by atoms with van der Waals surface area (Å²) in [4.78, 5) is 12.3. The smallest absolute Gasteiger partial charge is 0.143 e. The second-order valence-electron chi connectivity index (χ2n) is 5.46. The molecule has 2 aliphatic rings. The summed E-state index contributed by atoms with van der Waals surface area (Å²) in [5, 5.41) is 7.81. The molecule has 2 saturated carbocycles. The maximum atomic E-state index is 12.3. The lowest BCUT2D eigenvalue weighted by molar-refractivity contribution is -0.124. The number of fused-ring (bicyclic) bond motifs is 2. The topological polar surface area (TPSA) is 73.8 Å². The first-order chi connectivity index (χ1) is 8.15. The highest BCUT2D eigenvalue weighted by molar-refractivity contribution is 5.84. The van der Waals surface area contributed by atoms with E-state index in [1.165, 1.54) is 12.8 Å². The summed E-state index contributed by atoms with van der Waals surface area (Å²) in [5.74, 6) is 1.43. The van der Waals surface area contributed by atoms with Gasteiger partial charge in [-0.3, -0.25) is 9.48 Å². The molecule has 2 aliphatic carbocycles. The Kier molecular flexibility index (Phi) is 2.50. The number of aromatic nitrogens is 3. The normalized spacial score (nSPS) is 35.4. The average Bonchev–Trinajstić information content (AvgIpc) is 2.94. The number of hydrogen-bond acceptors (Lipinski definition) is 4. The fourth-order valence-corrected chi connectivity index (χ4v) is 3.59. The summed E-state index contributed by atoms with van der Waals surface area (Å²) in [6, 6.07) is 0.0814. The molecule has 1 heterocycles. The molecule has 0 radical (unpaired) electrons. The fourth-order valence-electron chi connectivity index (χ4n) is 3.59. The molecule has 17 heavy (non-hydrogen) atoms. The zero-order valence-corrected chi connectivity index (χ0v) is 10.0. The molecule has 1 aromatic rings. The number of nitrogens with zero attached hydrogens (tertiary/aromatic N) is 3. The van der Waals surface area contributed by atoms with Crippen LogP contribution in [0.5, 0.6) is 0 Å². The first-order valence-electron chi connectivity index (χ1n) is 6.28. The SMILES string of the molecule is Cn1cc(CC(=O)C2C3CCC(C3)C2N)nn1. The van der Waals surface area contributed by atoms with Gasteiger partial charge in [-0.25, -0.2) is 0 Å². The number of Topliss-reactive ketones (excluding diaryl/α,β-unsaturated/α-hetero) is 1. The van der Waals surface area contributed by atoms with Crippen molar-refractivity contribution in [3.8, 4) is 0 Å². The molecule has 0 spiro atoms. The van der Waals surface area contributed by atoms with E-state index in [4.69, 9.17) is 5.73 Å². The van der Waals surface area contributed by atoms with Crippen molar-refractivity contribution >= 4 is 5.78 Å². The first kappa shape index (κ1) is 10.9. The van der Waals surface area contributed by atoms with Crippen LogP contribution in [0.2, 0.25) is 0 Å². The maximum Gasteiger partial charge on any atom is 0.143 e. The van der Waals surface area contributed by atoms with Crippen LogP contribution in [-0.2, 0) is 18.3 Å². The second-order valence-corrected chi connectivity index (χ2v) is 5.46. The van der Waals surface area contributed by atoms with E-state index in [0.29, 0.717) is 18.3 Å². The Hall–Kier alpha value is -1.23. The molecule has 5 heteroatoms. The number of nitrogens with two attached hydrogens (primary N) is 1. The van der Waals surface area contributed by atoms with E-state index in [-0.39, 0.29) is 17.7 Å². The van der Waals surface area contributed by atoms with Gasteiger partial charge in [0.05, 0.1) is 12.1 Å². The summed E-state index contributed by atoms with van der Waals surface area (Å²) in [6.07, 6.45) is 5.72. The van der Waals surface area contributed by atoms with Crippen LogP contribution in [-0.4, -0.2) is 26.8 Å². The van der Waals surface area contributed by atoms with Gasteiger partial charge in [0.15, 0.2) is 0 Å². The number of carbonyl (C=O) groups excluding carboxylic acids is 1. The van der Waals surface area contributed by atoms with Gasteiger partial charge in [-0.1, -0.05) is 5.21 Å². The van der Waals surface area contributed by atoms with Crippen LogP contribution < -0.4 is 5.73 Å². The van der Waals surface area contributed by atoms with Crippen molar-refractivity contribution < 1.29 is 4.79 Å². The molecule has 3 rings (SSSR count). The van der Waals surface area contributed by atoms with Crippen LogP contribution in [0.25, 0.3) is 0 Å². The molecule has 2 fully saturated rings. The number of ketones is 1. The van der Waals surface area contributed by atoms with Gasteiger partial charge >= 0.3 is 0 Å². The highest BCUT2D eigenvalue weighted by Gasteiger charge is 2.48. The van der Waals surface area contributed by atoms with Gasteiger partial charge in [-0.2, -0.15) is 0 Å². The van der Waals surface area contributed by atoms with Crippen LogP contribution in [0.1, 0.15) is 25.0 Å². The number of aryl methyl sites for hydroxylation is 1. The maximum absolute atomic E-state index is 12.3. The molecule has 0 amide bonds. The van der Waals surface area contributed by atoms with Gasteiger partial charge in [0.2, 0.25) is 0 Å². The molecular weight excluding hydrogens is 216 g/mol. The van der Waals surface area contributed by atoms with Crippen molar-refractivity contribution in [1.82, 2.24) is 15.0 Å². The van der Waals surface area contributed by atoms with E-state index in [1.807, 2.05) is 7.05 Å². The summed E-state index contributed by atoms with van der Waals surface area (Å²) >= 11 is 0. The van der Waals surface area contributed by atoms with Crippen LogP contribution >= 0.6 is 0 Å². The Bertz CT molecular complexity index is 439. The van der Waals surface area contributed by atoms with E-state index in [1.54, 1.807) is 10.9 Å². The zero-order chi connectivity index (χ0) is 12.0. The third-order valence-corrected chi connectivity index (χ3v) is 4.36. The zero-order valence-electron chi connectivity index (χ0n) is 10.0. The molecule has 1 aromatic heterocycles. The van der Waals surface area contributed by atoms with E-state index in [2.05, 4.69) is 10.3 Å². The van der Waals surface area contributed by atoms with Gasteiger partial charge in [0, 0.05) is 25.2 Å². The first-order valence-corrected chi connectivity index (χ1v) is 6.28. The van der Waals surface area contributed by atoms with Crippen molar-refractivity contribution in [2.24, 2.45) is 30.5 Å². The van der Waals surface area contributed by atoms with Crippen LogP contribution in [0.3, 0.4) is 0 Å². The highest BCUT2D eigenvalue weighted by Crippen LogP contribution is 2.48. The molecule has 5 nitrogen and oxygen atoms in total. The van der Waals surface area contributed by atoms with E-state index >= 15 is 0 Å². The molecule has 0 aliphatic heterocycles. The van der Waals surface area contributed by atoms with Crippen LogP contribution in [0, 0.1) is 17.8 Å². The lowest BCUT2D eigenvalue weighted by Crippen LogP contribution is -2.40. The van der Waals surface area contributed by atoms with Gasteiger partial charge in [-0.05, 0) is 31.1 Å². The van der Waals surface area contributed by atoms with Crippen molar-refractivity contribution in [2.75, 3.05) is 0 Å². The highest BCUT2D eigenvalue weighted by atomic mass is 16.1. The standard InChI is InChI=1S/C12H18N4O/c1-16-6-9(14-15-16)5-10(17)11-7-2-3-8(4-7)12(11)13/h6-8,11-12H,2-5,13H2,1H3. The summed E-state index contributed by atoms with van der Waals surface area (Å²) in [5.41, 5.74) is 6.92. The number of carbonyl (C=O) groups is 1. The Labute approximate surface area is 100 Å². The predicted molar refractivity (Wildman–Crippen MR) is 62.0 cm³/mol. The van der Waals surface area contributed by atoms with Crippen molar-refractivity contribution in [3.05, 3.63) is 11.9 Å². The predicted octanol–water partition coefficient (Wildman–Crippen LogP) is 0.300. The average molecular weight is 234 g/mol. The molecule has 92 valence electrons. The minimum Gasteiger partial charge on any atom is -0.327 e. The Morgan fingerprint density at radius 3 is 2.88 bits per heavy atom. The van der Waals surface area contributed by atoms with Gasteiger partial charge in [0.1, 0.15) is 5.78 Å². The van der Waals surface area contributed by atoms with Crippen LogP contribution in [0.15, 0.2) is 6.20 Å². The van der Waals surface area contributed by atoms with Crippen LogP contribution in [0.4, 0.5) is 0 Å². The molecule has 4 atom stereocenters. The number of rotatable bonds is 3. The molecule has 0 aromatic carbocycles. The Balaban J connectivity index is 1.70. The van der Waals surface area contributed by atoms with Crippen molar-refractivity contribution in [2.45, 2.75) is 31.7 Å². The molecule has 4 unspecified atom stereocenters. The second kappa shape index (κ2) is 3.91. The van der Waals surface area contributed by atoms with Gasteiger partial charge in [0.25, 0.3) is 0 Å². The van der Waals surface area contributed by atoms with Crippen molar-refractivity contribution in [1.29, 1.82) is 0 Å². The van der Waals surface area contributed by atoms with E-state index < -0.39 is 0 Å². The fraction of sp³-hybridized carbons (Fsp3) is 0.750. The third kappa shape index (κ3) is 1.78. The third-order valence-electron chi connectivity index (χ3n) is 4.36. The molecular formula is C12H18N4O. The minimum atomic E-state index is 0.0655. The molecule has 2 N–H and O–H groups in total. The van der Waals surface area contributed by atoms with Gasteiger partial charge < -0.3 is 5.73 Å². The van der Waals surface area contributed by atoms with E-state index in [0.717, 1.165) is 12.1 Å². The lowest BCUT2D eigenvalue weighted by atomic mass is 9.81. The molecule has 2 bridgehead atoms.